The van der Waals surface area contributed by atoms with Gasteiger partial charge in [-0.2, -0.15) is 0 Å². The Morgan fingerprint density at radius 1 is 0.900 bits per heavy atom. The van der Waals surface area contributed by atoms with Gasteiger partial charge >= 0.3 is 17.1 Å². The third-order valence-electron chi connectivity index (χ3n) is 4.95. The van der Waals surface area contributed by atoms with E-state index >= 15 is 0 Å². The van der Waals surface area contributed by atoms with Crippen LogP contribution in [0.2, 0.25) is 64.0 Å². The summed E-state index contributed by atoms with van der Waals surface area (Å²) in [5.41, 5.74) is 0.364. The fraction of sp³-hybridized carbons (Fsp3) is 0.850. The van der Waals surface area contributed by atoms with Crippen molar-refractivity contribution in [1.82, 2.24) is 9.55 Å². The average molecular weight is 491 g/mol. The molecule has 3 atom stereocenters. The molecule has 0 N–H and O–H groups in total. The summed E-state index contributed by atoms with van der Waals surface area (Å²) in [6.45, 7) is 22.1. The number of methoxy groups -OCH3 is 1. The van der Waals surface area contributed by atoms with Crippen LogP contribution < -0.4 is 0 Å². The Hall–Kier alpha value is -0.0825. The van der Waals surface area contributed by atoms with Gasteiger partial charge in [0.2, 0.25) is 0 Å². The predicted octanol–water partition coefficient (Wildman–Crippen LogP) is 5.95. The molecule has 176 valence electrons. The summed E-state index contributed by atoms with van der Waals surface area (Å²) in [5.74, 6) is 0. The highest BCUT2D eigenvalue weighted by atomic mass is 28.5. The first kappa shape index (κ1) is 28.0. The van der Waals surface area contributed by atoms with Gasteiger partial charge in [0.25, 0.3) is 0 Å². The molecule has 1 heterocycles. The van der Waals surface area contributed by atoms with Crippen LogP contribution in [0.4, 0.5) is 0 Å². The number of aryl methyl sites for hydroxylation is 1. The Morgan fingerprint density at radius 3 is 2.03 bits per heavy atom. The van der Waals surface area contributed by atoms with Crippen LogP contribution in [0.1, 0.15) is 26.2 Å². The summed E-state index contributed by atoms with van der Waals surface area (Å²) in [5, 5.41) is 0. The highest BCUT2D eigenvalue weighted by molar-refractivity contribution is 6.90. The summed E-state index contributed by atoms with van der Waals surface area (Å²) in [6, 6.07) is 0.993. The zero-order valence-corrected chi connectivity index (χ0v) is 25.1. The van der Waals surface area contributed by atoms with Crippen LogP contribution in [0, 0.1) is 0 Å². The SMILES string of the molecule is COCCCC[Si](C)(O[Si](C)(C)C)O[Si](C)(O[Si](C)(C)C)C(C)CCn1ccnc1. The number of aromatic nitrogens is 2. The van der Waals surface area contributed by atoms with Gasteiger partial charge in [0, 0.05) is 38.2 Å². The smallest absolute Gasteiger partial charge is 0.318 e. The van der Waals surface area contributed by atoms with E-state index in [1.54, 1.807) is 7.11 Å². The molecule has 30 heavy (non-hydrogen) atoms. The fourth-order valence-electron chi connectivity index (χ4n) is 3.75. The molecule has 0 bridgehead atoms. The monoisotopic (exact) mass is 490 g/mol. The fourth-order valence-corrected chi connectivity index (χ4v) is 22.3. The van der Waals surface area contributed by atoms with E-state index in [1.165, 1.54) is 0 Å². The summed E-state index contributed by atoms with van der Waals surface area (Å²) in [4.78, 5) is 4.17. The molecule has 0 spiro atoms. The van der Waals surface area contributed by atoms with Crippen LogP contribution in [0.25, 0.3) is 0 Å². The van der Waals surface area contributed by atoms with Gasteiger partial charge in [-0.25, -0.2) is 4.98 Å². The second-order valence-corrected chi connectivity index (χ2v) is 27.3. The molecule has 0 aliphatic heterocycles. The minimum atomic E-state index is -2.47. The van der Waals surface area contributed by atoms with E-state index in [1.807, 2.05) is 18.7 Å². The van der Waals surface area contributed by atoms with Crippen molar-refractivity contribution >= 4 is 33.8 Å². The Labute approximate surface area is 189 Å². The Balaban J connectivity index is 3.04. The number of hydrogen-bond donors (Lipinski definition) is 0. The minimum absolute atomic E-state index is 0.364. The van der Waals surface area contributed by atoms with Gasteiger partial charge in [-0.1, -0.05) is 6.92 Å². The highest BCUT2D eigenvalue weighted by Gasteiger charge is 2.49. The van der Waals surface area contributed by atoms with Gasteiger partial charge in [-0.15, -0.1) is 0 Å². The van der Waals surface area contributed by atoms with E-state index in [9.17, 15) is 0 Å². The number of ether oxygens (including phenoxy) is 1. The van der Waals surface area contributed by atoms with Gasteiger partial charge in [0.1, 0.15) is 0 Å². The Bertz CT molecular complexity index is 607. The molecule has 0 saturated carbocycles. The normalized spacial score (nSPS) is 18.1. The van der Waals surface area contributed by atoms with Crippen molar-refractivity contribution in [2.24, 2.45) is 0 Å². The molecule has 3 unspecified atom stereocenters. The van der Waals surface area contributed by atoms with Crippen molar-refractivity contribution in [1.29, 1.82) is 0 Å². The summed E-state index contributed by atoms with van der Waals surface area (Å²) >= 11 is 0. The maximum Gasteiger partial charge on any atom is 0.318 e. The molecular formula is C20H46N2O4Si4. The van der Waals surface area contributed by atoms with E-state index < -0.39 is 33.8 Å². The largest absolute Gasteiger partial charge is 0.437 e. The second-order valence-electron chi connectivity index (χ2n) is 10.6. The van der Waals surface area contributed by atoms with E-state index in [4.69, 9.17) is 17.1 Å². The summed E-state index contributed by atoms with van der Waals surface area (Å²) in [7, 11) is -6.61. The van der Waals surface area contributed by atoms with Crippen molar-refractivity contribution < 1.29 is 17.1 Å². The summed E-state index contributed by atoms with van der Waals surface area (Å²) < 4.78 is 28.2. The molecular weight excluding hydrogens is 445 g/mol. The zero-order valence-electron chi connectivity index (χ0n) is 21.1. The third kappa shape index (κ3) is 11.0. The minimum Gasteiger partial charge on any atom is -0.437 e. The molecule has 1 rings (SSSR count). The van der Waals surface area contributed by atoms with Crippen molar-refractivity contribution in [3.05, 3.63) is 18.7 Å². The topological polar surface area (TPSA) is 54.7 Å². The highest BCUT2D eigenvalue weighted by Crippen LogP contribution is 2.36. The second kappa shape index (κ2) is 11.7. The molecule has 0 saturated heterocycles. The van der Waals surface area contributed by atoms with Crippen LogP contribution in [0.15, 0.2) is 18.7 Å². The number of nitrogens with zero attached hydrogens (tertiary/aromatic N) is 2. The van der Waals surface area contributed by atoms with Crippen LogP contribution in [0.3, 0.4) is 0 Å². The van der Waals surface area contributed by atoms with E-state index in [2.05, 4.69) is 68.9 Å². The number of imidazole rings is 1. The predicted molar refractivity (Wildman–Crippen MR) is 135 cm³/mol. The summed E-state index contributed by atoms with van der Waals surface area (Å²) in [6.07, 6.45) is 8.87. The molecule has 1 aromatic heterocycles. The maximum absolute atomic E-state index is 7.13. The molecule has 0 aliphatic rings. The molecule has 6 nitrogen and oxygen atoms in total. The van der Waals surface area contributed by atoms with Crippen LogP contribution in [-0.2, 0) is 23.6 Å². The third-order valence-corrected chi connectivity index (χ3v) is 19.9. The Kier molecular flexibility index (Phi) is 10.9. The van der Waals surface area contributed by atoms with Gasteiger partial charge in [-0.05, 0) is 77.7 Å². The molecule has 0 aliphatic carbocycles. The standard InChI is InChI=1S/C20H46N2O4Si4/c1-20(13-15-22-16-14-21-19-22)30(10,25-28(6,7)8)26-29(9,24-27(3,4)5)18-12-11-17-23-2/h14,16,19-20H,11-13,15,17-18H2,1-10H3. The number of rotatable bonds is 15. The van der Waals surface area contributed by atoms with Gasteiger partial charge < -0.3 is 21.6 Å². The molecule has 0 aromatic carbocycles. The van der Waals surface area contributed by atoms with Gasteiger partial charge in [-0.3, -0.25) is 0 Å². The average Bonchev–Trinajstić information content (AvgIpc) is 3.06. The first-order valence-corrected chi connectivity index (χ1v) is 23.0. The number of hydrogen-bond acceptors (Lipinski definition) is 5. The lowest BCUT2D eigenvalue weighted by Gasteiger charge is -2.45. The van der Waals surface area contributed by atoms with Crippen LogP contribution in [0.5, 0.6) is 0 Å². The lowest BCUT2D eigenvalue weighted by Crippen LogP contribution is -2.59. The zero-order chi connectivity index (χ0) is 23.1. The molecule has 0 amide bonds. The van der Waals surface area contributed by atoms with Crippen molar-refractivity contribution in [2.45, 2.75) is 96.7 Å². The molecule has 0 radical (unpaired) electrons. The molecule has 10 heteroatoms. The lowest BCUT2D eigenvalue weighted by molar-refractivity contribution is 0.193. The van der Waals surface area contributed by atoms with Gasteiger partial charge in [0.15, 0.2) is 16.6 Å². The molecule has 0 fully saturated rings. The van der Waals surface area contributed by atoms with Gasteiger partial charge in [0.05, 0.1) is 6.33 Å². The van der Waals surface area contributed by atoms with E-state index in [0.29, 0.717) is 5.54 Å². The lowest BCUT2D eigenvalue weighted by atomic mass is 10.3. The van der Waals surface area contributed by atoms with Crippen LogP contribution >= 0.6 is 0 Å². The quantitative estimate of drug-likeness (QED) is 0.224. The Morgan fingerprint density at radius 2 is 1.53 bits per heavy atom. The molecule has 1 aromatic rings. The van der Waals surface area contributed by atoms with Crippen LogP contribution in [-0.4, -0.2) is 57.0 Å². The first-order chi connectivity index (χ1) is 13.7. The van der Waals surface area contributed by atoms with Crippen molar-refractivity contribution in [3.8, 4) is 0 Å². The van der Waals surface area contributed by atoms with Crippen molar-refractivity contribution in [3.63, 3.8) is 0 Å². The van der Waals surface area contributed by atoms with Crippen molar-refractivity contribution in [2.75, 3.05) is 13.7 Å². The first-order valence-electron chi connectivity index (χ1n) is 11.2. The maximum atomic E-state index is 7.13. The van der Waals surface area contributed by atoms with E-state index in [0.717, 1.165) is 38.5 Å². The van der Waals surface area contributed by atoms with E-state index in [-0.39, 0.29) is 0 Å². The number of unbranched alkanes of at least 4 members (excludes halogenated alkanes) is 1.